The van der Waals surface area contributed by atoms with Crippen LogP contribution in [0.1, 0.15) is 154 Å². The fraction of sp³-hybridized carbons (Fsp3) is 0.805. The van der Waals surface area contributed by atoms with E-state index in [1.165, 1.54) is 51.3 Å². The lowest BCUT2D eigenvalue weighted by Crippen LogP contribution is -2.47. The van der Waals surface area contributed by atoms with Gasteiger partial charge in [-0.2, -0.15) is 0 Å². The summed E-state index contributed by atoms with van der Waals surface area (Å²) in [6, 6.07) is -0.839. The number of carbonyl (C=O) groups is 5. The molecule has 0 aliphatic rings. The van der Waals surface area contributed by atoms with Gasteiger partial charge in [0.1, 0.15) is 0 Å². The van der Waals surface area contributed by atoms with E-state index in [1.54, 1.807) is 6.20 Å². The Morgan fingerprint density at radius 2 is 1.36 bits per heavy atom. The van der Waals surface area contributed by atoms with E-state index in [-0.39, 0.29) is 37.8 Å². The third-order valence-electron chi connectivity index (χ3n) is 9.69. The van der Waals surface area contributed by atoms with Crippen LogP contribution in [0.5, 0.6) is 0 Å². The van der Waals surface area contributed by atoms with Crippen LogP contribution in [0.25, 0.3) is 0 Å². The number of esters is 1. The van der Waals surface area contributed by atoms with Crippen molar-refractivity contribution in [2.45, 2.75) is 167 Å². The average Bonchev–Trinajstić information content (AvgIpc) is 3.68. The topological polar surface area (TPSA) is 229 Å². The molecule has 0 radical (unpaired) electrons. The van der Waals surface area contributed by atoms with Gasteiger partial charge in [-0.15, -0.1) is 0 Å². The average molecular weight is 794 g/mol. The summed E-state index contributed by atoms with van der Waals surface area (Å²) in [4.78, 5) is 68.3. The zero-order valence-corrected chi connectivity index (χ0v) is 34.3. The summed E-state index contributed by atoms with van der Waals surface area (Å²) in [5.74, 6) is -2.21. The molecular formula is C41H75N7O8. The molecule has 0 fully saturated rings. The maximum Gasteiger partial charge on any atom is 0.305 e. The van der Waals surface area contributed by atoms with Crippen LogP contribution in [0.2, 0.25) is 0 Å². The third kappa shape index (κ3) is 30.6. The van der Waals surface area contributed by atoms with Crippen molar-refractivity contribution in [3.05, 3.63) is 18.2 Å². The Labute approximate surface area is 335 Å². The fourth-order valence-electron chi connectivity index (χ4n) is 6.34. The molecule has 15 heteroatoms. The van der Waals surface area contributed by atoms with Crippen LogP contribution >= 0.6 is 0 Å². The molecule has 0 bridgehead atoms. The van der Waals surface area contributed by atoms with Crippen molar-refractivity contribution < 1.29 is 38.9 Å². The van der Waals surface area contributed by atoms with Crippen LogP contribution in [-0.4, -0.2) is 113 Å². The third-order valence-corrected chi connectivity index (χ3v) is 9.69. The summed E-state index contributed by atoms with van der Waals surface area (Å²) in [6.45, 7) is 4.86. The normalized spacial score (nSPS) is 12.3. The second-order valence-electron chi connectivity index (χ2n) is 15.0. The number of imidazole rings is 1. The van der Waals surface area contributed by atoms with Crippen molar-refractivity contribution in [3.8, 4) is 0 Å². The number of aromatic amines is 1. The molecule has 1 rings (SSSR count). The van der Waals surface area contributed by atoms with Crippen molar-refractivity contribution in [3.63, 3.8) is 0 Å². The molecule has 1 aromatic heterocycles. The standard InChI is InChI=1S/C41H75N7O8/c1-2-3-4-5-6-7-8-12-20-27-56-40(54)23-15-13-19-26-48(25-18-11-9-10-14-22-39(52)53)32-35(49)21-16-17-24-44-37(50)30-45-38(51)31-46-41(55)36(42)28-34-29-43-33-47-34/h29,33,35-36,49H,2-28,30-32,42H2,1H3,(H,43,47)(H,44,50)(H,45,51)(H,46,55)(H,52,53). The largest absolute Gasteiger partial charge is 0.481 e. The number of amides is 3. The highest BCUT2D eigenvalue weighted by molar-refractivity contribution is 5.89. The molecule has 0 saturated heterocycles. The number of nitrogens with zero attached hydrogens (tertiary/aromatic N) is 2. The Bertz CT molecular complexity index is 1170. The van der Waals surface area contributed by atoms with Crippen molar-refractivity contribution in [2.75, 3.05) is 45.9 Å². The van der Waals surface area contributed by atoms with Gasteiger partial charge in [0.25, 0.3) is 0 Å². The Morgan fingerprint density at radius 1 is 0.768 bits per heavy atom. The first-order valence-corrected chi connectivity index (χ1v) is 21.4. The summed E-state index contributed by atoms with van der Waals surface area (Å²) in [6.07, 6.45) is 23.7. The van der Waals surface area contributed by atoms with Crippen molar-refractivity contribution in [2.24, 2.45) is 5.73 Å². The van der Waals surface area contributed by atoms with Crippen LogP contribution in [0, 0.1) is 0 Å². The minimum Gasteiger partial charge on any atom is -0.481 e. The quantitative estimate of drug-likeness (QED) is 0.0364. The lowest BCUT2D eigenvalue weighted by atomic mass is 10.1. The summed E-state index contributed by atoms with van der Waals surface area (Å²) in [5.41, 5.74) is 6.56. The van der Waals surface area contributed by atoms with E-state index in [0.29, 0.717) is 51.1 Å². The number of H-pyrrole nitrogens is 1. The molecule has 2 unspecified atom stereocenters. The van der Waals surface area contributed by atoms with E-state index in [2.05, 4.69) is 37.7 Å². The van der Waals surface area contributed by atoms with Crippen molar-refractivity contribution in [1.82, 2.24) is 30.8 Å². The van der Waals surface area contributed by atoms with Crippen LogP contribution in [-0.2, 0) is 35.1 Å². The number of carboxylic acid groups (broad SMARTS) is 1. The Balaban J connectivity index is 2.24. The molecule has 2 atom stereocenters. The highest BCUT2D eigenvalue weighted by Crippen LogP contribution is 2.12. The summed E-state index contributed by atoms with van der Waals surface area (Å²) in [5, 5.41) is 27.4. The fourth-order valence-corrected chi connectivity index (χ4v) is 6.34. The van der Waals surface area contributed by atoms with E-state index < -0.39 is 29.9 Å². The maximum atomic E-state index is 12.2. The van der Waals surface area contributed by atoms with E-state index in [1.807, 2.05) is 0 Å². The van der Waals surface area contributed by atoms with Gasteiger partial charge >= 0.3 is 11.9 Å². The van der Waals surface area contributed by atoms with E-state index in [4.69, 9.17) is 15.6 Å². The van der Waals surface area contributed by atoms with Gasteiger partial charge in [0.15, 0.2) is 0 Å². The minimum atomic E-state index is -0.839. The smallest absolute Gasteiger partial charge is 0.305 e. The first kappa shape index (κ1) is 50.5. The number of hydrogen-bond donors (Lipinski definition) is 7. The van der Waals surface area contributed by atoms with Gasteiger partial charge in [-0.05, 0) is 64.5 Å². The van der Waals surface area contributed by atoms with E-state index >= 15 is 0 Å². The zero-order chi connectivity index (χ0) is 41.1. The number of carbonyl (C=O) groups excluding carboxylic acids is 4. The van der Waals surface area contributed by atoms with Gasteiger partial charge in [0.2, 0.25) is 17.7 Å². The van der Waals surface area contributed by atoms with Crippen LogP contribution in [0.4, 0.5) is 0 Å². The molecular weight excluding hydrogens is 718 g/mol. The number of rotatable bonds is 38. The van der Waals surface area contributed by atoms with E-state index in [0.717, 1.165) is 77.3 Å². The first-order chi connectivity index (χ1) is 27.1. The van der Waals surface area contributed by atoms with Crippen molar-refractivity contribution >= 4 is 29.7 Å². The Morgan fingerprint density at radius 3 is 2.02 bits per heavy atom. The van der Waals surface area contributed by atoms with Crippen LogP contribution in [0.15, 0.2) is 12.5 Å². The van der Waals surface area contributed by atoms with Gasteiger partial charge in [-0.3, -0.25) is 24.0 Å². The number of nitrogens with two attached hydrogens (primary N) is 1. The summed E-state index contributed by atoms with van der Waals surface area (Å²) >= 11 is 0. The predicted octanol–water partition coefficient (Wildman–Crippen LogP) is 4.52. The SMILES string of the molecule is CCCCCCCCCCCOC(=O)CCCCCN(CCCCCCCC(=O)O)CC(O)CCCCNC(=O)CNC(=O)CNC(=O)C(N)Cc1cnc[nH]1. The van der Waals surface area contributed by atoms with Gasteiger partial charge in [-0.25, -0.2) is 4.98 Å². The number of carboxylic acids is 1. The van der Waals surface area contributed by atoms with Crippen molar-refractivity contribution in [1.29, 1.82) is 0 Å². The zero-order valence-electron chi connectivity index (χ0n) is 34.3. The number of unbranched alkanes of at least 4 members (excludes halogenated alkanes) is 15. The number of hydrogen-bond acceptors (Lipinski definition) is 10. The second kappa shape index (κ2) is 34.7. The highest BCUT2D eigenvalue weighted by atomic mass is 16.5. The molecule has 0 spiro atoms. The summed E-state index contributed by atoms with van der Waals surface area (Å²) in [7, 11) is 0. The molecule has 0 aliphatic carbocycles. The Kier molecular flexibility index (Phi) is 31.2. The maximum absolute atomic E-state index is 12.2. The predicted molar refractivity (Wildman–Crippen MR) is 218 cm³/mol. The molecule has 1 heterocycles. The minimum absolute atomic E-state index is 0.120. The van der Waals surface area contributed by atoms with Gasteiger partial charge < -0.3 is 46.5 Å². The Hall–Kier alpha value is -3.56. The van der Waals surface area contributed by atoms with Crippen LogP contribution < -0.4 is 21.7 Å². The number of nitrogens with one attached hydrogen (secondary N) is 4. The molecule has 8 N–H and O–H groups in total. The number of ether oxygens (including phenoxy) is 1. The number of aliphatic hydroxyl groups is 1. The molecule has 0 saturated carbocycles. The molecule has 15 nitrogen and oxygen atoms in total. The molecule has 3 amide bonds. The number of aromatic nitrogens is 2. The summed E-state index contributed by atoms with van der Waals surface area (Å²) < 4.78 is 5.44. The lowest BCUT2D eigenvalue weighted by molar-refractivity contribution is -0.144. The molecule has 322 valence electrons. The number of aliphatic hydroxyl groups excluding tert-OH is 1. The van der Waals surface area contributed by atoms with Crippen LogP contribution in [0.3, 0.4) is 0 Å². The number of aliphatic carboxylic acids is 1. The monoisotopic (exact) mass is 794 g/mol. The molecule has 1 aromatic rings. The molecule has 0 aromatic carbocycles. The second-order valence-corrected chi connectivity index (χ2v) is 15.0. The van der Waals surface area contributed by atoms with Gasteiger partial charge in [0.05, 0.1) is 38.2 Å². The van der Waals surface area contributed by atoms with Gasteiger partial charge in [-0.1, -0.05) is 84.0 Å². The lowest BCUT2D eigenvalue weighted by Gasteiger charge is -2.25. The molecule has 56 heavy (non-hydrogen) atoms. The highest BCUT2D eigenvalue weighted by Gasteiger charge is 2.16. The first-order valence-electron chi connectivity index (χ1n) is 21.4. The van der Waals surface area contributed by atoms with E-state index in [9.17, 15) is 29.1 Å². The van der Waals surface area contributed by atoms with Gasteiger partial charge in [0, 0.05) is 44.2 Å². The molecule has 0 aliphatic heterocycles.